The monoisotopic (exact) mass is 384 g/mol. The van der Waals surface area contributed by atoms with E-state index in [-0.39, 0.29) is 0 Å². The highest BCUT2D eigenvalue weighted by atomic mass is 79.9. The van der Waals surface area contributed by atoms with Gasteiger partial charge < -0.3 is 9.30 Å². The van der Waals surface area contributed by atoms with Crippen LogP contribution in [0.2, 0.25) is 0 Å². The highest BCUT2D eigenvalue weighted by Gasteiger charge is 2.18. The summed E-state index contributed by atoms with van der Waals surface area (Å²) in [5, 5.41) is 11.4. The molecule has 2 rings (SSSR count). The first-order valence-electron chi connectivity index (χ1n) is 6.56. The van der Waals surface area contributed by atoms with E-state index in [2.05, 4.69) is 31.4 Å². The van der Waals surface area contributed by atoms with Crippen molar-refractivity contribution in [3.05, 3.63) is 29.0 Å². The molecule has 0 fully saturated rings. The zero-order valence-electron chi connectivity index (χ0n) is 12.8. The van der Waals surface area contributed by atoms with Gasteiger partial charge in [-0.05, 0) is 50.7 Å². The standard InChI is InChI=1S/C14H17BrN4O2S/c1-14(2,3)21-13(20)17-10-7-9(15)5-6-11(10)22-12-18-16-8-19(12)4/h5-8H,1-4H3,(H,17,20). The Balaban J connectivity index is 2.21. The number of amides is 1. The van der Waals surface area contributed by atoms with Crippen LogP contribution in [0, 0.1) is 0 Å². The van der Waals surface area contributed by atoms with Crippen molar-refractivity contribution in [2.45, 2.75) is 36.4 Å². The molecule has 0 aliphatic heterocycles. The van der Waals surface area contributed by atoms with E-state index in [0.29, 0.717) is 5.69 Å². The molecule has 0 saturated heterocycles. The number of ether oxygens (including phenoxy) is 1. The molecule has 0 atom stereocenters. The van der Waals surface area contributed by atoms with Gasteiger partial charge >= 0.3 is 6.09 Å². The van der Waals surface area contributed by atoms with E-state index in [1.165, 1.54) is 11.8 Å². The van der Waals surface area contributed by atoms with E-state index >= 15 is 0 Å². The fourth-order valence-electron chi connectivity index (χ4n) is 1.57. The van der Waals surface area contributed by atoms with Gasteiger partial charge in [-0.2, -0.15) is 0 Å². The van der Waals surface area contributed by atoms with Crippen LogP contribution in [0.1, 0.15) is 20.8 Å². The fourth-order valence-corrected chi connectivity index (χ4v) is 2.76. The zero-order valence-corrected chi connectivity index (χ0v) is 15.2. The first-order chi connectivity index (χ1) is 10.2. The summed E-state index contributed by atoms with van der Waals surface area (Å²) in [6.07, 6.45) is 1.13. The Bertz CT molecular complexity index is 682. The molecule has 2 aromatic rings. The topological polar surface area (TPSA) is 69.0 Å². The lowest BCUT2D eigenvalue weighted by atomic mass is 10.2. The van der Waals surface area contributed by atoms with Gasteiger partial charge in [0.25, 0.3) is 0 Å². The summed E-state index contributed by atoms with van der Waals surface area (Å²) in [7, 11) is 1.86. The third kappa shape index (κ3) is 4.74. The molecule has 22 heavy (non-hydrogen) atoms. The highest BCUT2D eigenvalue weighted by molar-refractivity contribution is 9.10. The predicted molar refractivity (Wildman–Crippen MR) is 89.1 cm³/mol. The summed E-state index contributed by atoms with van der Waals surface area (Å²) >= 11 is 4.82. The molecule has 1 N–H and O–H groups in total. The largest absolute Gasteiger partial charge is 0.444 e. The minimum Gasteiger partial charge on any atom is -0.444 e. The normalized spacial score (nSPS) is 11.3. The van der Waals surface area contributed by atoms with Crippen molar-refractivity contribution in [3.8, 4) is 0 Å². The van der Waals surface area contributed by atoms with Crippen LogP contribution in [0.25, 0.3) is 0 Å². The van der Waals surface area contributed by atoms with Gasteiger partial charge in [0.2, 0.25) is 0 Å². The quantitative estimate of drug-likeness (QED) is 0.863. The lowest BCUT2D eigenvalue weighted by Gasteiger charge is -2.20. The molecular weight excluding hydrogens is 368 g/mol. The van der Waals surface area contributed by atoms with Crippen molar-refractivity contribution >= 4 is 39.5 Å². The maximum absolute atomic E-state index is 12.0. The number of benzene rings is 1. The predicted octanol–water partition coefficient (Wildman–Crippen LogP) is 4.08. The maximum Gasteiger partial charge on any atom is 0.412 e. The summed E-state index contributed by atoms with van der Waals surface area (Å²) in [4.78, 5) is 12.8. The number of anilines is 1. The van der Waals surface area contributed by atoms with E-state index in [1.807, 2.05) is 50.6 Å². The summed E-state index contributed by atoms with van der Waals surface area (Å²) in [5.41, 5.74) is 0.101. The number of aromatic nitrogens is 3. The molecule has 0 aliphatic carbocycles. The van der Waals surface area contributed by atoms with Crippen LogP contribution >= 0.6 is 27.7 Å². The second kappa shape index (κ2) is 6.70. The van der Waals surface area contributed by atoms with E-state index < -0.39 is 11.7 Å². The van der Waals surface area contributed by atoms with Gasteiger partial charge in [0.15, 0.2) is 5.16 Å². The molecule has 1 amide bonds. The summed E-state index contributed by atoms with van der Waals surface area (Å²) in [6.45, 7) is 5.47. The second-order valence-electron chi connectivity index (χ2n) is 5.59. The molecular formula is C14H17BrN4O2S. The van der Waals surface area contributed by atoms with Gasteiger partial charge in [0, 0.05) is 16.4 Å². The third-order valence-corrected chi connectivity index (χ3v) is 4.07. The molecule has 0 unspecified atom stereocenters. The number of halogens is 1. The van der Waals surface area contributed by atoms with Crippen molar-refractivity contribution in [3.63, 3.8) is 0 Å². The molecule has 0 spiro atoms. The fraction of sp³-hybridized carbons (Fsp3) is 0.357. The number of nitrogens with one attached hydrogen (secondary N) is 1. The molecule has 1 aromatic heterocycles. The number of rotatable bonds is 3. The molecule has 0 bridgehead atoms. The average Bonchev–Trinajstić information content (AvgIpc) is 2.76. The number of nitrogens with zero attached hydrogens (tertiary/aromatic N) is 3. The Morgan fingerprint density at radius 1 is 1.41 bits per heavy atom. The molecule has 6 nitrogen and oxygen atoms in total. The van der Waals surface area contributed by atoms with Crippen molar-refractivity contribution in [1.82, 2.24) is 14.8 Å². The van der Waals surface area contributed by atoms with Gasteiger partial charge in [0.05, 0.1) is 5.69 Å². The van der Waals surface area contributed by atoms with Crippen LogP contribution in [0.3, 0.4) is 0 Å². The number of aryl methyl sites for hydroxylation is 1. The van der Waals surface area contributed by atoms with Crippen molar-refractivity contribution in [2.24, 2.45) is 7.05 Å². The van der Waals surface area contributed by atoms with Crippen LogP contribution in [0.4, 0.5) is 10.5 Å². The average molecular weight is 385 g/mol. The molecule has 0 saturated carbocycles. The van der Waals surface area contributed by atoms with E-state index in [1.54, 1.807) is 6.33 Å². The molecule has 8 heteroatoms. The third-order valence-electron chi connectivity index (χ3n) is 2.45. The summed E-state index contributed by atoms with van der Waals surface area (Å²) < 4.78 is 7.96. The van der Waals surface area contributed by atoms with Gasteiger partial charge in [-0.25, -0.2) is 4.79 Å². The Morgan fingerprint density at radius 2 is 2.14 bits per heavy atom. The molecule has 0 aliphatic rings. The molecule has 1 heterocycles. The van der Waals surface area contributed by atoms with Crippen LogP contribution in [-0.2, 0) is 11.8 Å². The Hall–Kier alpha value is -1.54. The lowest BCUT2D eigenvalue weighted by molar-refractivity contribution is 0.0635. The number of carbonyl (C=O) groups is 1. The number of hydrogen-bond donors (Lipinski definition) is 1. The lowest BCUT2D eigenvalue weighted by Crippen LogP contribution is -2.27. The van der Waals surface area contributed by atoms with Gasteiger partial charge in [-0.3, -0.25) is 5.32 Å². The van der Waals surface area contributed by atoms with Gasteiger partial charge in [-0.15, -0.1) is 10.2 Å². The first-order valence-corrected chi connectivity index (χ1v) is 8.17. The van der Waals surface area contributed by atoms with Crippen molar-refractivity contribution in [1.29, 1.82) is 0 Å². The Kier molecular flexibility index (Phi) is 5.12. The zero-order chi connectivity index (χ0) is 16.3. The van der Waals surface area contributed by atoms with Gasteiger partial charge in [-0.1, -0.05) is 15.9 Å². The van der Waals surface area contributed by atoms with Crippen LogP contribution in [0.5, 0.6) is 0 Å². The first kappa shape index (κ1) is 16.8. The van der Waals surface area contributed by atoms with E-state index in [4.69, 9.17) is 4.74 Å². The minimum atomic E-state index is -0.549. The number of carbonyl (C=O) groups excluding carboxylic acids is 1. The Labute approximate surface area is 141 Å². The summed E-state index contributed by atoms with van der Waals surface area (Å²) in [5.74, 6) is 0. The van der Waals surface area contributed by atoms with Crippen LogP contribution in [0.15, 0.2) is 39.1 Å². The van der Waals surface area contributed by atoms with Crippen LogP contribution in [-0.4, -0.2) is 26.5 Å². The van der Waals surface area contributed by atoms with Crippen molar-refractivity contribution in [2.75, 3.05) is 5.32 Å². The summed E-state index contributed by atoms with van der Waals surface area (Å²) in [6, 6.07) is 5.62. The highest BCUT2D eigenvalue weighted by Crippen LogP contribution is 2.34. The molecule has 118 valence electrons. The maximum atomic E-state index is 12.0. The van der Waals surface area contributed by atoms with Crippen molar-refractivity contribution < 1.29 is 9.53 Å². The second-order valence-corrected chi connectivity index (χ2v) is 7.52. The van der Waals surface area contributed by atoms with E-state index in [9.17, 15) is 4.79 Å². The Morgan fingerprint density at radius 3 is 2.73 bits per heavy atom. The molecule has 0 radical (unpaired) electrons. The van der Waals surface area contributed by atoms with Crippen LogP contribution < -0.4 is 5.32 Å². The van der Waals surface area contributed by atoms with E-state index in [0.717, 1.165) is 14.5 Å². The minimum absolute atomic E-state index is 0.495. The smallest absolute Gasteiger partial charge is 0.412 e. The SMILES string of the molecule is Cn1cnnc1Sc1ccc(Br)cc1NC(=O)OC(C)(C)C. The number of hydrogen-bond acceptors (Lipinski definition) is 5. The van der Waals surface area contributed by atoms with Gasteiger partial charge in [0.1, 0.15) is 11.9 Å². The molecule has 1 aromatic carbocycles.